The average molecular weight is 439 g/mol. The van der Waals surface area contributed by atoms with Gasteiger partial charge in [0.05, 0.1) is 6.26 Å². The number of nitrogens with zero attached hydrogens (tertiary/aromatic N) is 1. The smallest absolute Gasteiger partial charge is 0.191 e. The van der Waals surface area contributed by atoms with E-state index in [1.807, 2.05) is 23.9 Å². The highest BCUT2D eigenvalue weighted by atomic mass is 127. The molecule has 0 aliphatic rings. The molecule has 1 rings (SSSR count). The lowest BCUT2D eigenvalue weighted by Gasteiger charge is -2.10. The Labute approximate surface area is 156 Å². The van der Waals surface area contributed by atoms with E-state index in [1.165, 1.54) is 31.4 Å². The van der Waals surface area contributed by atoms with Crippen LogP contribution in [-0.2, 0) is 6.42 Å². The molecule has 0 saturated carbocycles. The topological polar surface area (TPSA) is 49.6 Å². The number of rotatable bonds is 11. The van der Waals surface area contributed by atoms with E-state index < -0.39 is 0 Å². The zero-order chi connectivity index (χ0) is 15.2. The second kappa shape index (κ2) is 15.5. The fourth-order valence-electron chi connectivity index (χ4n) is 2.00. The Morgan fingerprint density at radius 3 is 2.73 bits per heavy atom. The largest absolute Gasteiger partial charge is 0.469 e. The Morgan fingerprint density at radius 2 is 2.05 bits per heavy atom. The average Bonchev–Trinajstić information content (AvgIpc) is 2.99. The third-order valence-electron chi connectivity index (χ3n) is 3.11. The van der Waals surface area contributed by atoms with E-state index in [0.29, 0.717) is 0 Å². The van der Waals surface area contributed by atoms with Crippen LogP contribution in [0.1, 0.15) is 38.4 Å². The lowest BCUT2D eigenvalue weighted by atomic mass is 10.2. The minimum absolute atomic E-state index is 0. The monoisotopic (exact) mass is 439 g/mol. The van der Waals surface area contributed by atoms with Gasteiger partial charge in [-0.3, -0.25) is 4.99 Å². The molecule has 0 aromatic carbocycles. The summed E-state index contributed by atoms with van der Waals surface area (Å²) in [5, 5.41) is 6.62. The van der Waals surface area contributed by atoms with Crippen molar-refractivity contribution in [2.75, 3.05) is 31.6 Å². The molecule has 0 aliphatic carbocycles. The zero-order valence-corrected chi connectivity index (χ0v) is 16.9. The van der Waals surface area contributed by atoms with Gasteiger partial charge in [-0.25, -0.2) is 0 Å². The van der Waals surface area contributed by atoms with Gasteiger partial charge in [0, 0.05) is 26.1 Å². The van der Waals surface area contributed by atoms with Crippen LogP contribution < -0.4 is 10.6 Å². The first-order valence-corrected chi connectivity index (χ1v) is 9.29. The fraction of sp³-hybridized carbons (Fsp3) is 0.688. The number of guanidine groups is 1. The van der Waals surface area contributed by atoms with Crippen LogP contribution in [0, 0.1) is 0 Å². The van der Waals surface area contributed by atoms with E-state index in [-0.39, 0.29) is 24.0 Å². The van der Waals surface area contributed by atoms with Crippen LogP contribution in [0.3, 0.4) is 0 Å². The summed E-state index contributed by atoms with van der Waals surface area (Å²) < 4.78 is 5.32. The van der Waals surface area contributed by atoms with E-state index in [0.717, 1.165) is 37.8 Å². The molecule has 0 bridgehead atoms. The number of nitrogens with one attached hydrogen (secondary N) is 2. The van der Waals surface area contributed by atoms with Crippen molar-refractivity contribution < 1.29 is 4.42 Å². The molecule has 22 heavy (non-hydrogen) atoms. The molecular weight excluding hydrogens is 409 g/mol. The van der Waals surface area contributed by atoms with Gasteiger partial charge < -0.3 is 15.1 Å². The molecule has 1 aromatic heterocycles. The van der Waals surface area contributed by atoms with Gasteiger partial charge in [-0.1, -0.05) is 12.8 Å². The lowest BCUT2D eigenvalue weighted by Crippen LogP contribution is -2.38. The van der Waals surface area contributed by atoms with Crippen LogP contribution in [0.25, 0.3) is 0 Å². The Morgan fingerprint density at radius 1 is 1.23 bits per heavy atom. The van der Waals surface area contributed by atoms with Gasteiger partial charge in [-0.2, -0.15) is 11.8 Å². The number of halogens is 1. The Bertz CT molecular complexity index is 371. The summed E-state index contributed by atoms with van der Waals surface area (Å²) >= 11 is 1.93. The summed E-state index contributed by atoms with van der Waals surface area (Å²) in [7, 11) is 0. The maximum absolute atomic E-state index is 5.32. The van der Waals surface area contributed by atoms with Crippen molar-refractivity contribution in [3.05, 3.63) is 24.2 Å². The number of aliphatic imine (C=N–C) groups is 1. The van der Waals surface area contributed by atoms with Crippen molar-refractivity contribution in [3.8, 4) is 0 Å². The van der Waals surface area contributed by atoms with Crippen LogP contribution >= 0.6 is 35.7 Å². The molecule has 6 heteroatoms. The Balaban J connectivity index is 0.00000441. The van der Waals surface area contributed by atoms with Crippen molar-refractivity contribution in [1.82, 2.24) is 10.6 Å². The lowest BCUT2D eigenvalue weighted by molar-refractivity contribution is 0.507. The van der Waals surface area contributed by atoms with Crippen molar-refractivity contribution in [2.24, 2.45) is 4.99 Å². The van der Waals surface area contributed by atoms with Crippen LogP contribution in [0.4, 0.5) is 0 Å². The standard InChI is InChI=1S/C16H29N3OS.HI/c1-3-17-16(18-11-6-4-5-7-14-21-2)19-12-10-15-9-8-13-20-15;/h8-9,13H,3-7,10-12,14H2,1-2H3,(H2,17,18,19);1H. The highest BCUT2D eigenvalue weighted by Crippen LogP contribution is 2.04. The van der Waals surface area contributed by atoms with Crippen LogP contribution in [0.15, 0.2) is 27.8 Å². The van der Waals surface area contributed by atoms with Crippen molar-refractivity contribution >= 4 is 41.7 Å². The summed E-state index contributed by atoms with van der Waals surface area (Å²) in [4.78, 5) is 4.61. The second-order valence-corrected chi connectivity index (χ2v) is 5.91. The minimum Gasteiger partial charge on any atom is -0.469 e. The van der Waals surface area contributed by atoms with Crippen LogP contribution in [0.2, 0.25) is 0 Å². The normalized spacial score (nSPS) is 11.1. The molecule has 0 spiro atoms. The first-order chi connectivity index (χ1) is 10.4. The number of hydrogen-bond donors (Lipinski definition) is 2. The number of thioether (sulfide) groups is 1. The number of furan rings is 1. The molecule has 1 heterocycles. The summed E-state index contributed by atoms with van der Waals surface area (Å²) in [6.07, 6.45) is 9.85. The van der Waals surface area contributed by atoms with E-state index >= 15 is 0 Å². The molecule has 4 nitrogen and oxygen atoms in total. The summed E-state index contributed by atoms with van der Waals surface area (Å²) in [5.74, 6) is 3.19. The fourth-order valence-corrected chi connectivity index (χ4v) is 2.50. The molecule has 0 fully saturated rings. The number of unbranched alkanes of at least 4 members (excludes halogenated alkanes) is 3. The van der Waals surface area contributed by atoms with Gasteiger partial charge in [0.15, 0.2) is 5.96 Å². The third kappa shape index (κ3) is 11.2. The Hall–Kier alpha value is -0.370. The van der Waals surface area contributed by atoms with Crippen molar-refractivity contribution in [2.45, 2.75) is 39.0 Å². The first kappa shape index (κ1) is 21.6. The quantitative estimate of drug-likeness (QED) is 0.238. The van der Waals surface area contributed by atoms with E-state index in [4.69, 9.17) is 4.42 Å². The third-order valence-corrected chi connectivity index (χ3v) is 3.81. The second-order valence-electron chi connectivity index (χ2n) is 4.92. The van der Waals surface area contributed by atoms with Gasteiger partial charge in [0.1, 0.15) is 5.76 Å². The molecule has 0 atom stereocenters. The zero-order valence-electron chi connectivity index (χ0n) is 13.8. The van der Waals surface area contributed by atoms with E-state index in [9.17, 15) is 0 Å². The molecular formula is C16H30IN3OS. The van der Waals surface area contributed by atoms with E-state index in [1.54, 1.807) is 6.26 Å². The molecule has 0 radical (unpaired) electrons. The molecule has 128 valence electrons. The summed E-state index contributed by atoms with van der Waals surface area (Å²) in [6.45, 7) is 4.72. The van der Waals surface area contributed by atoms with Gasteiger partial charge >= 0.3 is 0 Å². The van der Waals surface area contributed by atoms with Crippen LogP contribution in [0.5, 0.6) is 0 Å². The maximum Gasteiger partial charge on any atom is 0.191 e. The van der Waals surface area contributed by atoms with Gasteiger partial charge in [0.25, 0.3) is 0 Å². The van der Waals surface area contributed by atoms with Gasteiger partial charge in [-0.15, -0.1) is 24.0 Å². The van der Waals surface area contributed by atoms with Crippen molar-refractivity contribution in [3.63, 3.8) is 0 Å². The summed E-state index contributed by atoms with van der Waals surface area (Å²) in [6, 6.07) is 3.92. The van der Waals surface area contributed by atoms with Gasteiger partial charge in [-0.05, 0) is 43.9 Å². The maximum atomic E-state index is 5.32. The van der Waals surface area contributed by atoms with Gasteiger partial charge in [0.2, 0.25) is 0 Å². The predicted octanol–water partition coefficient (Wildman–Crippen LogP) is 3.92. The molecule has 2 N–H and O–H groups in total. The Kier molecular flexibility index (Phi) is 15.3. The minimum atomic E-state index is 0. The first-order valence-electron chi connectivity index (χ1n) is 7.90. The predicted molar refractivity (Wildman–Crippen MR) is 109 cm³/mol. The van der Waals surface area contributed by atoms with E-state index in [2.05, 4.69) is 28.8 Å². The number of hydrogen-bond acceptors (Lipinski definition) is 3. The molecule has 1 aromatic rings. The molecule has 0 amide bonds. The molecule has 0 saturated heterocycles. The van der Waals surface area contributed by atoms with Crippen molar-refractivity contribution in [1.29, 1.82) is 0 Å². The highest BCUT2D eigenvalue weighted by Gasteiger charge is 1.99. The molecule has 0 unspecified atom stereocenters. The molecule has 0 aliphatic heterocycles. The summed E-state index contributed by atoms with van der Waals surface area (Å²) in [5.41, 5.74) is 0. The van der Waals surface area contributed by atoms with Crippen LogP contribution in [-0.4, -0.2) is 37.6 Å². The highest BCUT2D eigenvalue weighted by molar-refractivity contribution is 14.0. The SMILES string of the molecule is CCNC(=NCCCCCCSC)NCCc1ccco1.I.